The molecule has 0 atom stereocenters. The van der Waals surface area contributed by atoms with Crippen molar-refractivity contribution in [2.24, 2.45) is 5.16 Å². The summed E-state index contributed by atoms with van der Waals surface area (Å²) in [4.78, 5) is 21.7. The van der Waals surface area contributed by atoms with Crippen LogP contribution in [0.2, 0.25) is 0 Å². The Bertz CT molecular complexity index is 504. The van der Waals surface area contributed by atoms with Crippen molar-refractivity contribution in [3.05, 3.63) is 39.9 Å². The first-order chi connectivity index (χ1) is 9.08. The zero-order chi connectivity index (χ0) is 14.3. The second-order valence-corrected chi connectivity index (χ2v) is 4.08. The molecule has 7 nitrogen and oxygen atoms in total. The van der Waals surface area contributed by atoms with E-state index in [4.69, 9.17) is 5.21 Å². The van der Waals surface area contributed by atoms with Gasteiger partial charge >= 0.3 is 0 Å². The Morgan fingerprint density at radius 2 is 2.26 bits per heavy atom. The van der Waals surface area contributed by atoms with Crippen LogP contribution < -0.4 is 5.32 Å². The largest absolute Gasteiger partial charge is 0.410 e. The number of amides is 1. The van der Waals surface area contributed by atoms with Crippen molar-refractivity contribution < 1.29 is 14.9 Å². The van der Waals surface area contributed by atoms with E-state index in [0.29, 0.717) is 17.9 Å². The molecule has 0 unspecified atom stereocenters. The topological polar surface area (TPSA) is 105 Å². The van der Waals surface area contributed by atoms with Crippen LogP contribution in [0.15, 0.2) is 29.4 Å². The van der Waals surface area contributed by atoms with E-state index in [1.54, 1.807) is 6.07 Å². The van der Waals surface area contributed by atoms with E-state index in [1.807, 2.05) is 0 Å². The summed E-state index contributed by atoms with van der Waals surface area (Å²) in [5.74, 6) is -0.0654. The highest BCUT2D eigenvalue weighted by Crippen LogP contribution is 2.13. The summed E-state index contributed by atoms with van der Waals surface area (Å²) in [7, 11) is 0. The molecule has 19 heavy (non-hydrogen) atoms. The molecule has 0 aliphatic rings. The van der Waals surface area contributed by atoms with Gasteiger partial charge in [0.2, 0.25) is 0 Å². The van der Waals surface area contributed by atoms with Crippen LogP contribution >= 0.6 is 12.6 Å². The third-order valence-corrected chi connectivity index (χ3v) is 2.50. The molecular formula is C11H13N3O4S. The second kappa shape index (κ2) is 7.37. The second-order valence-electron chi connectivity index (χ2n) is 3.63. The molecular weight excluding hydrogens is 270 g/mol. The summed E-state index contributed by atoms with van der Waals surface area (Å²) >= 11 is 3.94. The molecule has 1 aromatic rings. The molecule has 0 spiro atoms. The summed E-state index contributed by atoms with van der Waals surface area (Å²) in [6.07, 6.45) is 0.0105. The lowest BCUT2D eigenvalue weighted by atomic mass is 10.1. The molecule has 0 heterocycles. The minimum absolute atomic E-state index is 0.0105. The maximum atomic E-state index is 11.6. The highest BCUT2D eigenvalue weighted by atomic mass is 32.1. The number of nitro benzene ring substituents is 1. The van der Waals surface area contributed by atoms with E-state index >= 15 is 0 Å². The smallest absolute Gasteiger partial charge is 0.269 e. The van der Waals surface area contributed by atoms with Crippen molar-refractivity contribution in [2.45, 2.75) is 6.42 Å². The number of nitrogens with zero attached hydrogens (tertiary/aromatic N) is 2. The first-order valence-corrected chi connectivity index (χ1v) is 6.05. The van der Waals surface area contributed by atoms with E-state index < -0.39 is 10.8 Å². The van der Waals surface area contributed by atoms with Gasteiger partial charge in [-0.15, -0.1) is 0 Å². The van der Waals surface area contributed by atoms with Crippen LogP contribution in [0.3, 0.4) is 0 Å². The zero-order valence-corrected chi connectivity index (χ0v) is 10.8. The van der Waals surface area contributed by atoms with Crippen molar-refractivity contribution in [1.82, 2.24) is 5.32 Å². The summed E-state index contributed by atoms with van der Waals surface area (Å²) in [6.45, 7) is 0.343. The van der Waals surface area contributed by atoms with Crippen LogP contribution in [0, 0.1) is 10.1 Å². The Morgan fingerprint density at radius 3 is 2.84 bits per heavy atom. The van der Waals surface area contributed by atoms with E-state index in [1.165, 1.54) is 18.2 Å². The van der Waals surface area contributed by atoms with Crippen LogP contribution in [-0.4, -0.2) is 34.0 Å². The molecule has 102 valence electrons. The zero-order valence-electron chi connectivity index (χ0n) is 9.94. The molecule has 0 fully saturated rings. The van der Waals surface area contributed by atoms with Gasteiger partial charge in [0, 0.05) is 30.9 Å². The fourth-order valence-corrected chi connectivity index (χ4v) is 1.52. The lowest BCUT2D eigenvalue weighted by molar-refractivity contribution is -0.384. The number of thiol groups is 1. The minimum atomic E-state index is -0.528. The molecule has 0 radical (unpaired) electrons. The molecule has 0 aromatic heterocycles. The maximum absolute atomic E-state index is 11.6. The van der Waals surface area contributed by atoms with Crippen molar-refractivity contribution in [3.63, 3.8) is 0 Å². The van der Waals surface area contributed by atoms with Gasteiger partial charge in [-0.25, -0.2) is 0 Å². The van der Waals surface area contributed by atoms with Crippen LogP contribution in [0.4, 0.5) is 5.69 Å². The molecule has 0 aliphatic heterocycles. The monoisotopic (exact) mass is 283 g/mol. The third-order valence-electron chi connectivity index (χ3n) is 2.27. The van der Waals surface area contributed by atoms with Gasteiger partial charge in [0.25, 0.3) is 11.6 Å². The van der Waals surface area contributed by atoms with Gasteiger partial charge in [-0.2, -0.15) is 12.6 Å². The van der Waals surface area contributed by atoms with Crippen LogP contribution in [0.5, 0.6) is 0 Å². The number of non-ortho nitro benzene ring substituents is 1. The van der Waals surface area contributed by atoms with E-state index in [9.17, 15) is 14.9 Å². The van der Waals surface area contributed by atoms with E-state index in [0.717, 1.165) is 0 Å². The third kappa shape index (κ3) is 4.59. The predicted octanol–water partition coefficient (Wildman–Crippen LogP) is 1.01. The lowest BCUT2D eigenvalue weighted by Crippen LogP contribution is -2.33. The van der Waals surface area contributed by atoms with Crippen molar-refractivity contribution >= 4 is 29.9 Å². The average Bonchev–Trinajstić information content (AvgIpc) is 2.42. The number of benzene rings is 1. The SMILES string of the molecule is O=C(NCCS)/C(Cc1cccc([N+](=O)[O-])c1)=N/O. The number of hydrogen-bond acceptors (Lipinski definition) is 6. The normalized spacial score (nSPS) is 11.1. The minimum Gasteiger partial charge on any atom is -0.410 e. The fourth-order valence-electron chi connectivity index (χ4n) is 1.41. The average molecular weight is 283 g/mol. The maximum Gasteiger partial charge on any atom is 0.269 e. The molecule has 1 amide bonds. The van der Waals surface area contributed by atoms with E-state index in [2.05, 4.69) is 23.1 Å². The number of rotatable bonds is 6. The standard InChI is InChI=1S/C11H13N3O4S/c15-11(12-4-5-19)10(13-16)7-8-2-1-3-9(6-8)14(17)18/h1-3,6,16,19H,4-5,7H2,(H,12,15)/b13-10+. The molecule has 1 aromatic carbocycles. The predicted molar refractivity (Wildman–Crippen MR) is 72.9 cm³/mol. The molecule has 1 rings (SSSR count). The van der Waals surface area contributed by atoms with Gasteiger partial charge in [0.05, 0.1) is 4.92 Å². The molecule has 0 aliphatic carbocycles. The molecule has 0 bridgehead atoms. The Kier molecular flexibility index (Phi) is 5.80. The quantitative estimate of drug-likeness (QED) is 0.238. The number of carbonyl (C=O) groups excluding carboxylic acids is 1. The van der Waals surface area contributed by atoms with Gasteiger partial charge in [-0.05, 0) is 5.56 Å². The fraction of sp³-hybridized carbons (Fsp3) is 0.273. The highest BCUT2D eigenvalue weighted by molar-refractivity contribution is 7.80. The van der Waals surface area contributed by atoms with Crippen LogP contribution in [0.1, 0.15) is 5.56 Å². The summed E-state index contributed by atoms with van der Waals surface area (Å²) < 4.78 is 0. The van der Waals surface area contributed by atoms with Crippen molar-refractivity contribution in [3.8, 4) is 0 Å². The Morgan fingerprint density at radius 1 is 1.53 bits per heavy atom. The number of nitrogens with one attached hydrogen (secondary N) is 1. The summed E-state index contributed by atoms with van der Waals surface area (Å²) in [5, 5.41) is 24.9. The number of hydrogen-bond donors (Lipinski definition) is 3. The lowest BCUT2D eigenvalue weighted by Gasteiger charge is -2.05. The van der Waals surface area contributed by atoms with Gasteiger partial charge in [0.15, 0.2) is 0 Å². The van der Waals surface area contributed by atoms with E-state index in [-0.39, 0.29) is 17.8 Å². The van der Waals surface area contributed by atoms with Gasteiger partial charge in [0.1, 0.15) is 5.71 Å². The van der Waals surface area contributed by atoms with Crippen LogP contribution in [0.25, 0.3) is 0 Å². The number of nitro groups is 1. The first kappa shape index (κ1) is 15.0. The van der Waals surface area contributed by atoms with Gasteiger partial charge in [-0.1, -0.05) is 17.3 Å². The first-order valence-electron chi connectivity index (χ1n) is 5.41. The molecule has 0 saturated carbocycles. The molecule has 8 heteroatoms. The number of carbonyl (C=O) groups is 1. The summed E-state index contributed by atoms with van der Waals surface area (Å²) in [5.41, 5.74) is 0.330. The van der Waals surface area contributed by atoms with Gasteiger partial charge < -0.3 is 10.5 Å². The van der Waals surface area contributed by atoms with Crippen LogP contribution in [-0.2, 0) is 11.2 Å². The van der Waals surface area contributed by atoms with Crippen molar-refractivity contribution in [1.29, 1.82) is 0 Å². The number of oxime groups is 1. The Hall–Kier alpha value is -2.09. The molecule has 2 N–H and O–H groups in total. The molecule has 0 saturated heterocycles. The highest BCUT2D eigenvalue weighted by Gasteiger charge is 2.14. The summed E-state index contributed by atoms with van der Waals surface area (Å²) in [6, 6.07) is 5.80. The van der Waals surface area contributed by atoms with Crippen molar-refractivity contribution in [2.75, 3.05) is 12.3 Å². The van der Waals surface area contributed by atoms with Gasteiger partial charge in [-0.3, -0.25) is 14.9 Å². The Balaban J connectivity index is 2.79. The Labute approximate surface area is 114 Å².